The molecular formula is C12H16F3NO3S. The summed E-state index contributed by atoms with van der Waals surface area (Å²) >= 11 is 0. The zero-order chi connectivity index (χ0) is 15.6. The first-order chi connectivity index (χ1) is 9.13. The minimum absolute atomic E-state index is 0.327. The molecule has 8 heteroatoms. The number of benzene rings is 1. The molecule has 0 spiro atoms. The van der Waals surface area contributed by atoms with Crippen molar-refractivity contribution in [1.82, 2.24) is 4.72 Å². The molecule has 1 rings (SSSR count). The van der Waals surface area contributed by atoms with Crippen LogP contribution in [0.25, 0.3) is 0 Å². The van der Waals surface area contributed by atoms with Crippen LogP contribution in [0.15, 0.2) is 23.1 Å². The lowest BCUT2D eigenvalue weighted by molar-refractivity contribution is -0.138. The van der Waals surface area contributed by atoms with E-state index in [2.05, 4.69) is 4.72 Å². The predicted molar refractivity (Wildman–Crippen MR) is 67.7 cm³/mol. The fourth-order valence-corrected chi connectivity index (χ4v) is 3.32. The molecule has 20 heavy (non-hydrogen) atoms. The number of hydrogen-bond acceptors (Lipinski definition) is 3. The van der Waals surface area contributed by atoms with Crippen molar-refractivity contribution in [2.45, 2.75) is 37.4 Å². The van der Waals surface area contributed by atoms with Gasteiger partial charge in [0.05, 0.1) is 17.1 Å². The molecule has 4 nitrogen and oxygen atoms in total. The molecule has 0 aliphatic rings. The summed E-state index contributed by atoms with van der Waals surface area (Å²) in [5, 5.41) is 8.98. The first kappa shape index (κ1) is 16.9. The van der Waals surface area contributed by atoms with Gasteiger partial charge in [0.2, 0.25) is 10.0 Å². The van der Waals surface area contributed by atoms with Gasteiger partial charge in [0, 0.05) is 6.04 Å². The maximum atomic E-state index is 12.8. The molecule has 114 valence electrons. The molecule has 0 radical (unpaired) electrons. The average Bonchev–Trinajstić information content (AvgIpc) is 2.34. The lowest BCUT2D eigenvalue weighted by Crippen LogP contribution is -2.37. The van der Waals surface area contributed by atoms with Crippen LogP contribution in [0.2, 0.25) is 0 Å². The van der Waals surface area contributed by atoms with E-state index in [1.807, 2.05) is 0 Å². The van der Waals surface area contributed by atoms with E-state index in [9.17, 15) is 21.6 Å². The summed E-state index contributed by atoms with van der Waals surface area (Å²) in [5.41, 5.74) is -1.35. The topological polar surface area (TPSA) is 66.4 Å². The Labute approximate surface area is 115 Å². The maximum Gasteiger partial charge on any atom is 0.416 e. The molecule has 0 bridgehead atoms. The highest BCUT2D eigenvalue weighted by Crippen LogP contribution is 2.34. The molecule has 2 N–H and O–H groups in total. The number of nitrogens with one attached hydrogen (secondary N) is 1. The third-order valence-electron chi connectivity index (χ3n) is 2.91. The Morgan fingerprint density at radius 2 is 1.95 bits per heavy atom. The molecule has 0 saturated heterocycles. The molecular weight excluding hydrogens is 295 g/mol. The monoisotopic (exact) mass is 311 g/mol. The van der Waals surface area contributed by atoms with Crippen molar-refractivity contribution >= 4 is 10.0 Å². The van der Waals surface area contributed by atoms with Gasteiger partial charge < -0.3 is 5.11 Å². The van der Waals surface area contributed by atoms with E-state index in [0.717, 1.165) is 25.1 Å². The first-order valence-corrected chi connectivity index (χ1v) is 7.41. The highest BCUT2D eigenvalue weighted by Gasteiger charge is 2.34. The zero-order valence-electron chi connectivity index (χ0n) is 11.0. The van der Waals surface area contributed by atoms with Gasteiger partial charge >= 0.3 is 6.18 Å². The Bertz CT molecular complexity index is 566. The summed E-state index contributed by atoms with van der Waals surface area (Å²) in [6.45, 7) is 2.34. The molecule has 1 aromatic rings. The van der Waals surface area contributed by atoms with Gasteiger partial charge in [-0.05, 0) is 31.0 Å². The first-order valence-electron chi connectivity index (χ1n) is 5.93. The van der Waals surface area contributed by atoms with E-state index in [1.165, 1.54) is 0 Å². The SMILES string of the molecule is CC[C@@H](CO)NS(=O)(=O)c1cccc(C(F)(F)F)c1C. The smallest absolute Gasteiger partial charge is 0.395 e. The molecule has 0 aliphatic carbocycles. The van der Waals surface area contributed by atoms with Gasteiger partial charge in [-0.15, -0.1) is 0 Å². The van der Waals surface area contributed by atoms with Crippen LogP contribution in [-0.4, -0.2) is 26.2 Å². The Kier molecular flexibility index (Phi) is 5.17. The van der Waals surface area contributed by atoms with E-state index in [0.29, 0.717) is 6.42 Å². The largest absolute Gasteiger partial charge is 0.416 e. The summed E-state index contributed by atoms with van der Waals surface area (Å²) in [5.74, 6) is 0. The quantitative estimate of drug-likeness (QED) is 0.875. The van der Waals surface area contributed by atoms with Crippen LogP contribution < -0.4 is 4.72 Å². The van der Waals surface area contributed by atoms with Crippen molar-refractivity contribution in [3.8, 4) is 0 Å². The van der Waals surface area contributed by atoms with Crippen LogP contribution in [-0.2, 0) is 16.2 Å². The summed E-state index contributed by atoms with van der Waals surface area (Å²) in [6.07, 6.45) is -4.29. The van der Waals surface area contributed by atoms with Crippen molar-refractivity contribution in [3.05, 3.63) is 29.3 Å². The van der Waals surface area contributed by atoms with Gasteiger partial charge in [-0.2, -0.15) is 13.2 Å². The fraction of sp³-hybridized carbons (Fsp3) is 0.500. The van der Waals surface area contributed by atoms with Crippen molar-refractivity contribution in [2.24, 2.45) is 0 Å². The van der Waals surface area contributed by atoms with Crippen molar-refractivity contribution < 1.29 is 26.7 Å². The van der Waals surface area contributed by atoms with E-state index < -0.39 is 39.3 Å². The van der Waals surface area contributed by atoms with E-state index >= 15 is 0 Å². The van der Waals surface area contributed by atoms with Crippen LogP contribution in [0.4, 0.5) is 13.2 Å². The van der Waals surface area contributed by atoms with E-state index in [-0.39, 0.29) is 5.56 Å². The third kappa shape index (κ3) is 3.71. The second-order valence-corrected chi connectivity index (χ2v) is 6.02. The zero-order valence-corrected chi connectivity index (χ0v) is 11.8. The van der Waals surface area contributed by atoms with Gasteiger partial charge in [-0.25, -0.2) is 13.1 Å². The lowest BCUT2D eigenvalue weighted by Gasteiger charge is -2.17. The van der Waals surface area contributed by atoms with Gasteiger partial charge in [-0.3, -0.25) is 0 Å². The van der Waals surface area contributed by atoms with Crippen LogP contribution in [0.5, 0.6) is 0 Å². The van der Waals surface area contributed by atoms with Crippen LogP contribution in [0.1, 0.15) is 24.5 Å². The number of aliphatic hydroxyl groups is 1. The maximum absolute atomic E-state index is 12.8. The predicted octanol–water partition coefficient (Wildman–Crippen LogP) is 2.06. The summed E-state index contributed by atoms with van der Waals surface area (Å²) in [6, 6.07) is 2.26. The Balaban J connectivity index is 3.27. The molecule has 0 fully saturated rings. The fourth-order valence-electron chi connectivity index (χ4n) is 1.75. The molecule has 0 aromatic heterocycles. The highest BCUT2D eigenvalue weighted by atomic mass is 32.2. The highest BCUT2D eigenvalue weighted by molar-refractivity contribution is 7.89. The minimum atomic E-state index is -4.61. The summed E-state index contributed by atoms with van der Waals surface area (Å²) in [4.78, 5) is -0.431. The molecule has 1 atom stereocenters. The molecule has 0 saturated carbocycles. The molecule has 1 aromatic carbocycles. The summed E-state index contributed by atoms with van der Waals surface area (Å²) < 4.78 is 64.6. The standard InChI is InChI=1S/C12H16F3NO3S/c1-3-9(7-17)16-20(18,19)11-6-4-5-10(8(11)2)12(13,14)15/h4-6,9,16-17H,3,7H2,1-2H3/t9-/m0/s1. The molecule has 0 aliphatic heterocycles. The lowest BCUT2D eigenvalue weighted by atomic mass is 10.1. The van der Waals surface area contributed by atoms with Gasteiger partial charge in [0.1, 0.15) is 0 Å². The summed E-state index contributed by atoms with van der Waals surface area (Å²) in [7, 11) is -4.11. The number of aliphatic hydroxyl groups excluding tert-OH is 1. The average molecular weight is 311 g/mol. The van der Waals surface area contributed by atoms with Crippen molar-refractivity contribution in [3.63, 3.8) is 0 Å². The second kappa shape index (κ2) is 6.11. The van der Waals surface area contributed by atoms with Crippen LogP contribution in [0.3, 0.4) is 0 Å². The van der Waals surface area contributed by atoms with E-state index in [4.69, 9.17) is 5.11 Å². The number of rotatable bonds is 5. The van der Waals surface area contributed by atoms with Gasteiger partial charge in [-0.1, -0.05) is 13.0 Å². The normalized spacial score (nSPS) is 14.3. The minimum Gasteiger partial charge on any atom is -0.395 e. The van der Waals surface area contributed by atoms with Gasteiger partial charge in [0.25, 0.3) is 0 Å². The van der Waals surface area contributed by atoms with Crippen LogP contribution >= 0.6 is 0 Å². The van der Waals surface area contributed by atoms with Gasteiger partial charge in [0.15, 0.2) is 0 Å². The van der Waals surface area contributed by atoms with Crippen LogP contribution in [0, 0.1) is 6.92 Å². The number of sulfonamides is 1. The molecule has 0 unspecified atom stereocenters. The Hall–Kier alpha value is -1.12. The third-order valence-corrected chi connectivity index (χ3v) is 4.58. The second-order valence-electron chi connectivity index (χ2n) is 4.34. The Morgan fingerprint density at radius 1 is 1.35 bits per heavy atom. The van der Waals surface area contributed by atoms with E-state index in [1.54, 1.807) is 6.92 Å². The molecule has 0 amide bonds. The number of alkyl halides is 3. The number of halogens is 3. The Morgan fingerprint density at radius 3 is 2.40 bits per heavy atom. The molecule has 0 heterocycles. The number of hydrogen-bond donors (Lipinski definition) is 2. The van der Waals surface area contributed by atoms with Crippen molar-refractivity contribution in [2.75, 3.05) is 6.61 Å². The van der Waals surface area contributed by atoms with Crippen molar-refractivity contribution in [1.29, 1.82) is 0 Å².